The van der Waals surface area contributed by atoms with E-state index in [1.807, 2.05) is 24.5 Å². The number of aromatic nitrogens is 2. The van der Waals surface area contributed by atoms with Gasteiger partial charge in [0.05, 0.1) is 22.5 Å². The van der Waals surface area contributed by atoms with Crippen molar-refractivity contribution >= 4 is 38.6 Å². The third-order valence-corrected chi connectivity index (χ3v) is 8.47. The second-order valence-electron chi connectivity index (χ2n) is 9.79. The number of nitrogens with zero attached hydrogens (tertiary/aromatic N) is 2. The van der Waals surface area contributed by atoms with Crippen molar-refractivity contribution in [1.29, 1.82) is 0 Å². The van der Waals surface area contributed by atoms with Crippen LogP contribution in [0.3, 0.4) is 0 Å². The number of hydrogen-bond acceptors (Lipinski definition) is 4. The molecule has 0 radical (unpaired) electrons. The van der Waals surface area contributed by atoms with Crippen molar-refractivity contribution in [2.24, 2.45) is 0 Å². The number of carbonyl (C=O) groups is 1. The normalized spacial score (nSPS) is 11.7. The lowest BCUT2D eigenvalue weighted by atomic mass is 10.0. The Morgan fingerprint density at radius 1 is 0.947 bits per heavy atom. The maximum Gasteiger partial charge on any atom is 0.265 e. The molecule has 38 heavy (non-hydrogen) atoms. The summed E-state index contributed by atoms with van der Waals surface area (Å²) in [6.45, 7) is 6.48. The zero-order valence-electron chi connectivity index (χ0n) is 22.1. The Kier molecular flexibility index (Phi) is 8.90. The van der Waals surface area contributed by atoms with Crippen molar-refractivity contribution in [3.63, 3.8) is 0 Å². The first-order valence-electron chi connectivity index (χ1n) is 13.1. The fourth-order valence-electron chi connectivity index (χ4n) is 4.52. The van der Waals surface area contributed by atoms with Crippen molar-refractivity contribution < 1.29 is 13.2 Å². The Morgan fingerprint density at radius 2 is 1.68 bits per heavy atom. The van der Waals surface area contributed by atoms with Crippen LogP contribution < -0.4 is 4.72 Å². The van der Waals surface area contributed by atoms with Crippen molar-refractivity contribution in [3.8, 4) is 0 Å². The molecule has 0 aliphatic heterocycles. The molecule has 4 aromatic rings. The number of benzene rings is 3. The summed E-state index contributed by atoms with van der Waals surface area (Å²) in [7, 11) is -3.99. The van der Waals surface area contributed by atoms with Crippen molar-refractivity contribution in [2.75, 3.05) is 0 Å². The minimum atomic E-state index is -3.99. The molecule has 0 saturated carbocycles. The van der Waals surface area contributed by atoms with Crippen LogP contribution in [0.25, 0.3) is 11.0 Å². The number of sulfonamides is 1. The number of carbonyl (C=O) groups excluding carboxylic acids is 1. The van der Waals surface area contributed by atoms with E-state index in [1.54, 1.807) is 30.3 Å². The van der Waals surface area contributed by atoms with E-state index in [2.05, 4.69) is 28.8 Å². The standard InChI is InChI=1S/C30H34ClN3O3S/c1-4-5-6-7-8-9-23-12-13-25(27(31)18-23)20-34-22(3)32-28-17-14-24(19-29(28)34)30(35)33-38(36,37)26-15-10-21(2)11-16-26/h10-19H,4-9,20H2,1-3H3,(H,33,35). The second-order valence-corrected chi connectivity index (χ2v) is 11.9. The molecule has 1 N–H and O–H groups in total. The first-order valence-corrected chi connectivity index (χ1v) is 14.9. The van der Waals surface area contributed by atoms with Crippen LogP contribution in [0.4, 0.5) is 0 Å². The number of nitrogens with one attached hydrogen (secondary N) is 1. The van der Waals surface area contributed by atoms with E-state index in [9.17, 15) is 13.2 Å². The molecular formula is C30H34ClN3O3S. The van der Waals surface area contributed by atoms with E-state index in [0.717, 1.165) is 40.8 Å². The van der Waals surface area contributed by atoms with Gasteiger partial charge in [-0.3, -0.25) is 4.79 Å². The third kappa shape index (κ3) is 6.63. The Bertz CT molecular complexity index is 1540. The maximum absolute atomic E-state index is 12.9. The van der Waals surface area contributed by atoms with Crippen LogP contribution in [0.15, 0.2) is 65.6 Å². The molecule has 1 amide bonds. The zero-order valence-corrected chi connectivity index (χ0v) is 23.7. The highest BCUT2D eigenvalue weighted by atomic mass is 35.5. The van der Waals surface area contributed by atoms with Crippen molar-refractivity contribution in [3.05, 3.63) is 93.8 Å². The lowest BCUT2D eigenvalue weighted by molar-refractivity contribution is 0.0981. The minimum Gasteiger partial charge on any atom is -0.324 e. The molecule has 0 unspecified atom stereocenters. The first kappa shape index (κ1) is 27.9. The molecular weight excluding hydrogens is 518 g/mol. The molecule has 0 saturated heterocycles. The second kappa shape index (κ2) is 12.1. The predicted molar refractivity (Wildman–Crippen MR) is 153 cm³/mol. The van der Waals surface area contributed by atoms with Gasteiger partial charge >= 0.3 is 0 Å². The highest BCUT2D eigenvalue weighted by Crippen LogP contribution is 2.25. The molecule has 1 heterocycles. The SMILES string of the molecule is CCCCCCCc1ccc(Cn2c(C)nc3ccc(C(=O)NS(=O)(=O)c4ccc(C)cc4)cc32)c(Cl)c1. The third-order valence-electron chi connectivity index (χ3n) is 6.77. The number of fused-ring (bicyclic) bond motifs is 1. The molecule has 0 atom stereocenters. The predicted octanol–water partition coefficient (Wildman–Crippen LogP) is 6.99. The number of aryl methyl sites for hydroxylation is 3. The molecule has 4 rings (SSSR count). The number of rotatable bonds is 11. The molecule has 0 aliphatic carbocycles. The summed E-state index contributed by atoms with van der Waals surface area (Å²) in [6, 6.07) is 17.6. The number of imidazole rings is 1. The smallest absolute Gasteiger partial charge is 0.265 e. The lowest BCUT2D eigenvalue weighted by Crippen LogP contribution is -2.30. The van der Waals surface area contributed by atoms with E-state index in [4.69, 9.17) is 11.6 Å². The topological polar surface area (TPSA) is 81.1 Å². The van der Waals surface area contributed by atoms with Crippen molar-refractivity contribution in [1.82, 2.24) is 14.3 Å². The molecule has 0 fully saturated rings. The van der Waals surface area contributed by atoms with Gasteiger partial charge in [-0.05, 0) is 74.2 Å². The van der Waals surface area contributed by atoms with Gasteiger partial charge in [0.25, 0.3) is 15.9 Å². The van der Waals surface area contributed by atoms with E-state index in [1.165, 1.54) is 43.4 Å². The minimum absolute atomic E-state index is 0.0393. The maximum atomic E-state index is 12.9. The monoisotopic (exact) mass is 551 g/mol. The Balaban J connectivity index is 1.52. The quantitative estimate of drug-likeness (QED) is 0.204. The van der Waals surface area contributed by atoms with Gasteiger partial charge in [-0.2, -0.15) is 0 Å². The number of halogens is 1. The average Bonchev–Trinajstić information content (AvgIpc) is 3.19. The fraction of sp³-hybridized carbons (Fsp3) is 0.333. The molecule has 0 spiro atoms. The summed E-state index contributed by atoms with van der Waals surface area (Å²) in [6.07, 6.45) is 7.19. The average molecular weight is 552 g/mol. The fourth-order valence-corrected chi connectivity index (χ4v) is 5.76. The Hall–Kier alpha value is -3.16. The van der Waals surface area contributed by atoms with Crippen LogP contribution in [0.2, 0.25) is 5.02 Å². The molecule has 8 heteroatoms. The molecule has 1 aromatic heterocycles. The summed E-state index contributed by atoms with van der Waals surface area (Å²) < 4.78 is 29.6. The van der Waals surface area contributed by atoms with Gasteiger partial charge in [0.2, 0.25) is 0 Å². The highest BCUT2D eigenvalue weighted by molar-refractivity contribution is 7.90. The van der Waals surface area contributed by atoms with E-state index in [0.29, 0.717) is 11.6 Å². The van der Waals surface area contributed by atoms with Crippen molar-refractivity contribution in [2.45, 2.75) is 70.7 Å². The zero-order chi connectivity index (χ0) is 27.3. The Labute approximate surface area is 230 Å². The van der Waals surface area contributed by atoms with Gasteiger partial charge in [-0.1, -0.05) is 74.0 Å². The molecule has 200 valence electrons. The highest BCUT2D eigenvalue weighted by Gasteiger charge is 2.20. The van der Waals surface area contributed by atoms with Gasteiger partial charge in [0.15, 0.2) is 0 Å². The van der Waals surface area contributed by atoms with Gasteiger partial charge < -0.3 is 4.57 Å². The van der Waals surface area contributed by atoms with Crippen LogP contribution in [0.5, 0.6) is 0 Å². The van der Waals surface area contributed by atoms with E-state index < -0.39 is 15.9 Å². The molecule has 6 nitrogen and oxygen atoms in total. The summed E-state index contributed by atoms with van der Waals surface area (Å²) >= 11 is 6.67. The van der Waals surface area contributed by atoms with Gasteiger partial charge in [0.1, 0.15) is 5.82 Å². The number of unbranched alkanes of at least 4 members (excludes halogenated alkanes) is 4. The Morgan fingerprint density at radius 3 is 2.39 bits per heavy atom. The van der Waals surface area contributed by atoms with E-state index >= 15 is 0 Å². The van der Waals surface area contributed by atoms with Gasteiger partial charge in [0, 0.05) is 10.6 Å². The summed E-state index contributed by atoms with van der Waals surface area (Å²) in [5, 5.41) is 0.704. The molecule has 3 aromatic carbocycles. The van der Waals surface area contributed by atoms with Gasteiger partial charge in [-0.25, -0.2) is 18.1 Å². The molecule has 0 aliphatic rings. The van der Waals surface area contributed by atoms with Crippen LogP contribution in [-0.4, -0.2) is 23.9 Å². The molecule has 0 bridgehead atoms. The van der Waals surface area contributed by atoms with Crippen LogP contribution in [0, 0.1) is 13.8 Å². The van der Waals surface area contributed by atoms with Crippen LogP contribution in [0.1, 0.15) is 71.9 Å². The first-order chi connectivity index (χ1) is 18.2. The van der Waals surface area contributed by atoms with Crippen LogP contribution >= 0.6 is 11.6 Å². The van der Waals surface area contributed by atoms with E-state index in [-0.39, 0.29) is 10.5 Å². The van der Waals surface area contributed by atoms with Gasteiger partial charge in [-0.15, -0.1) is 0 Å². The summed E-state index contributed by atoms with van der Waals surface area (Å²) in [4.78, 5) is 17.6. The lowest BCUT2D eigenvalue weighted by Gasteiger charge is -2.12. The van der Waals surface area contributed by atoms with Crippen LogP contribution in [-0.2, 0) is 23.0 Å². The number of hydrogen-bond donors (Lipinski definition) is 1. The number of amides is 1. The summed E-state index contributed by atoms with van der Waals surface area (Å²) in [5.74, 6) is 0.0834. The largest absolute Gasteiger partial charge is 0.324 e. The summed E-state index contributed by atoms with van der Waals surface area (Å²) in [5.41, 5.74) is 4.82.